The van der Waals surface area contributed by atoms with Gasteiger partial charge >= 0.3 is 0 Å². The maximum atomic E-state index is 13.1. The summed E-state index contributed by atoms with van der Waals surface area (Å²) in [5.74, 6) is -0.622. The lowest BCUT2D eigenvalue weighted by molar-refractivity contribution is -0.120. The number of hydrogen-bond acceptors (Lipinski definition) is 3. The number of likely N-dealkylation sites (N-methyl/N-ethyl adjacent to an activating group) is 1. The van der Waals surface area contributed by atoms with Gasteiger partial charge in [0.1, 0.15) is 5.82 Å². The SMILES string of the molecule is CC(C(=O)Nc1ccc(F)c(N)c1)N(C)CC(C)(C)C. The molecule has 112 valence electrons. The maximum Gasteiger partial charge on any atom is 0.241 e. The summed E-state index contributed by atoms with van der Waals surface area (Å²) >= 11 is 0. The lowest BCUT2D eigenvalue weighted by Crippen LogP contribution is -2.43. The smallest absolute Gasteiger partial charge is 0.241 e. The monoisotopic (exact) mass is 281 g/mol. The highest BCUT2D eigenvalue weighted by Gasteiger charge is 2.22. The van der Waals surface area contributed by atoms with E-state index in [0.29, 0.717) is 5.69 Å². The number of nitrogens with one attached hydrogen (secondary N) is 1. The second kappa shape index (κ2) is 6.22. The number of hydrogen-bond donors (Lipinski definition) is 2. The van der Waals surface area contributed by atoms with Crippen LogP contribution in [-0.4, -0.2) is 30.4 Å². The lowest BCUT2D eigenvalue weighted by atomic mass is 9.95. The Morgan fingerprint density at radius 3 is 2.55 bits per heavy atom. The second-order valence-corrected chi connectivity index (χ2v) is 6.38. The molecule has 5 heteroatoms. The fraction of sp³-hybridized carbons (Fsp3) is 0.533. The fourth-order valence-corrected chi connectivity index (χ4v) is 1.95. The molecule has 0 spiro atoms. The van der Waals surface area contributed by atoms with Crippen LogP contribution in [0.15, 0.2) is 18.2 Å². The zero-order valence-electron chi connectivity index (χ0n) is 12.8. The van der Waals surface area contributed by atoms with Crippen molar-refractivity contribution in [3.05, 3.63) is 24.0 Å². The van der Waals surface area contributed by atoms with Gasteiger partial charge in [0.2, 0.25) is 5.91 Å². The molecule has 20 heavy (non-hydrogen) atoms. The van der Waals surface area contributed by atoms with Gasteiger partial charge in [0, 0.05) is 12.2 Å². The van der Waals surface area contributed by atoms with Gasteiger partial charge in [0.05, 0.1) is 11.7 Å². The van der Waals surface area contributed by atoms with Crippen LogP contribution in [0.25, 0.3) is 0 Å². The summed E-state index contributed by atoms with van der Waals surface area (Å²) in [5.41, 5.74) is 6.12. The van der Waals surface area contributed by atoms with E-state index < -0.39 is 5.82 Å². The number of nitrogen functional groups attached to an aromatic ring is 1. The quantitative estimate of drug-likeness (QED) is 0.834. The molecule has 1 atom stereocenters. The van der Waals surface area contributed by atoms with Crippen molar-refractivity contribution >= 4 is 17.3 Å². The summed E-state index contributed by atoms with van der Waals surface area (Å²) in [6.07, 6.45) is 0. The number of nitrogens with zero attached hydrogens (tertiary/aromatic N) is 1. The van der Waals surface area contributed by atoms with E-state index in [0.717, 1.165) is 6.54 Å². The number of carbonyl (C=O) groups excluding carboxylic acids is 1. The number of rotatable bonds is 4. The Hall–Kier alpha value is -1.62. The number of amides is 1. The minimum Gasteiger partial charge on any atom is -0.396 e. The van der Waals surface area contributed by atoms with Gasteiger partial charge in [-0.2, -0.15) is 0 Å². The Bertz CT molecular complexity index is 482. The Morgan fingerprint density at radius 1 is 1.45 bits per heavy atom. The van der Waals surface area contributed by atoms with E-state index >= 15 is 0 Å². The normalized spacial score (nSPS) is 13.3. The summed E-state index contributed by atoms with van der Waals surface area (Å²) < 4.78 is 13.1. The van der Waals surface area contributed by atoms with Gasteiger partial charge in [0.25, 0.3) is 0 Å². The van der Waals surface area contributed by atoms with E-state index in [1.807, 2.05) is 18.9 Å². The van der Waals surface area contributed by atoms with Crippen molar-refractivity contribution in [3.63, 3.8) is 0 Å². The number of nitrogens with two attached hydrogens (primary N) is 1. The molecule has 0 saturated heterocycles. The van der Waals surface area contributed by atoms with Crippen LogP contribution in [0.5, 0.6) is 0 Å². The van der Waals surface area contributed by atoms with Crippen LogP contribution in [0.4, 0.5) is 15.8 Å². The van der Waals surface area contributed by atoms with Gasteiger partial charge in [-0.3, -0.25) is 9.69 Å². The molecule has 1 amide bonds. The molecule has 0 heterocycles. The highest BCUT2D eigenvalue weighted by molar-refractivity contribution is 5.94. The molecule has 1 unspecified atom stereocenters. The highest BCUT2D eigenvalue weighted by Crippen LogP contribution is 2.18. The third kappa shape index (κ3) is 4.81. The van der Waals surface area contributed by atoms with Gasteiger partial charge < -0.3 is 11.1 Å². The van der Waals surface area contributed by atoms with Crippen LogP contribution >= 0.6 is 0 Å². The van der Waals surface area contributed by atoms with Gasteiger partial charge in [-0.15, -0.1) is 0 Å². The third-order valence-corrected chi connectivity index (χ3v) is 3.03. The first-order chi connectivity index (χ1) is 9.10. The summed E-state index contributed by atoms with van der Waals surface area (Å²) in [5, 5.41) is 2.75. The Balaban J connectivity index is 2.68. The van der Waals surface area contributed by atoms with E-state index in [2.05, 4.69) is 26.1 Å². The predicted octanol–water partition coefficient (Wildman–Crippen LogP) is 2.71. The standard InChI is InChI=1S/C15H24FN3O/c1-10(19(5)9-15(2,3)4)14(20)18-11-6-7-12(16)13(17)8-11/h6-8,10H,9,17H2,1-5H3,(H,18,20). The van der Waals surface area contributed by atoms with Crippen LogP contribution < -0.4 is 11.1 Å². The maximum absolute atomic E-state index is 13.1. The fourth-order valence-electron chi connectivity index (χ4n) is 1.95. The van der Waals surface area contributed by atoms with Crippen LogP contribution in [0.2, 0.25) is 0 Å². The molecule has 0 aromatic heterocycles. The first-order valence-corrected chi connectivity index (χ1v) is 6.66. The van der Waals surface area contributed by atoms with Crippen LogP contribution in [0.1, 0.15) is 27.7 Å². The zero-order valence-corrected chi connectivity index (χ0v) is 12.8. The van der Waals surface area contributed by atoms with Gasteiger partial charge in [-0.25, -0.2) is 4.39 Å². The molecule has 1 aromatic carbocycles. The molecular formula is C15H24FN3O. The summed E-state index contributed by atoms with van der Waals surface area (Å²) in [6, 6.07) is 3.89. The van der Waals surface area contributed by atoms with Crippen molar-refractivity contribution < 1.29 is 9.18 Å². The van der Waals surface area contributed by atoms with Crippen molar-refractivity contribution in [1.29, 1.82) is 0 Å². The molecule has 0 fully saturated rings. The molecule has 1 aromatic rings. The van der Waals surface area contributed by atoms with Crippen molar-refractivity contribution in [2.45, 2.75) is 33.7 Å². The zero-order chi connectivity index (χ0) is 15.5. The average molecular weight is 281 g/mol. The van der Waals surface area contributed by atoms with Crippen molar-refractivity contribution in [2.75, 3.05) is 24.6 Å². The van der Waals surface area contributed by atoms with Gasteiger partial charge in [0.15, 0.2) is 0 Å². The highest BCUT2D eigenvalue weighted by atomic mass is 19.1. The molecule has 4 nitrogen and oxygen atoms in total. The average Bonchev–Trinajstić information content (AvgIpc) is 2.30. The summed E-state index contributed by atoms with van der Waals surface area (Å²) in [7, 11) is 1.91. The minimum absolute atomic E-state index is 0.0264. The number of carbonyl (C=O) groups is 1. The van der Waals surface area contributed by atoms with E-state index in [1.54, 1.807) is 0 Å². The Morgan fingerprint density at radius 2 is 2.05 bits per heavy atom. The third-order valence-electron chi connectivity index (χ3n) is 3.03. The number of anilines is 2. The van der Waals surface area contributed by atoms with E-state index in [9.17, 15) is 9.18 Å². The summed E-state index contributed by atoms with van der Waals surface area (Å²) in [6.45, 7) is 9.00. The van der Waals surface area contributed by atoms with Crippen LogP contribution in [-0.2, 0) is 4.79 Å². The molecule has 0 aliphatic rings. The molecule has 3 N–H and O–H groups in total. The van der Waals surface area contributed by atoms with Crippen molar-refractivity contribution in [3.8, 4) is 0 Å². The number of halogens is 1. The largest absolute Gasteiger partial charge is 0.396 e. The Kier molecular flexibility index (Phi) is 5.11. The van der Waals surface area contributed by atoms with E-state index in [4.69, 9.17) is 5.73 Å². The molecule has 0 radical (unpaired) electrons. The molecule has 0 saturated carbocycles. The first kappa shape index (κ1) is 16.4. The number of benzene rings is 1. The van der Waals surface area contributed by atoms with Crippen molar-refractivity contribution in [1.82, 2.24) is 4.90 Å². The van der Waals surface area contributed by atoms with Gasteiger partial charge in [-0.05, 0) is 37.6 Å². The van der Waals surface area contributed by atoms with E-state index in [-0.39, 0.29) is 23.1 Å². The predicted molar refractivity (Wildman–Crippen MR) is 81.0 cm³/mol. The second-order valence-electron chi connectivity index (χ2n) is 6.38. The topological polar surface area (TPSA) is 58.4 Å². The molecule has 0 bridgehead atoms. The molecule has 1 rings (SSSR count). The summed E-state index contributed by atoms with van der Waals surface area (Å²) in [4.78, 5) is 14.1. The Labute approximate surface area is 120 Å². The van der Waals surface area contributed by atoms with Gasteiger partial charge in [-0.1, -0.05) is 20.8 Å². The van der Waals surface area contributed by atoms with E-state index in [1.165, 1.54) is 18.2 Å². The molecule has 0 aliphatic carbocycles. The first-order valence-electron chi connectivity index (χ1n) is 6.66. The van der Waals surface area contributed by atoms with Crippen molar-refractivity contribution in [2.24, 2.45) is 5.41 Å². The van der Waals surface area contributed by atoms with Crippen LogP contribution in [0, 0.1) is 11.2 Å². The lowest BCUT2D eigenvalue weighted by Gasteiger charge is -2.30. The molecule has 0 aliphatic heterocycles. The van der Waals surface area contributed by atoms with Crippen LogP contribution in [0.3, 0.4) is 0 Å². The molecular weight excluding hydrogens is 257 g/mol. The minimum atomic E-state index is -0.485.